The summed E-state index contributed by atoms with van der Waals surface area (Å²) in [6, 6.07) is 18.0. The van der Waals surface area contributed by atoms with E-state index in [2.05, 4.69) is 17.0 Å². The number of hydrogen-bond donors (Lipinski definition) is 1. The molecule has 0 aromatic heterocycles. The van der Waals surface area contributed by atoms with Crippen LogP contribution in [0.15, 0.2) is 54.6 Å². The molecule has 4 rings (SSSR count). The second kappa shape index (κ2) is 5.49. The number of nitrogens with two attached hydrogens (primary N) is 1. The fourth-order valence-electron chi connectivity index (χ4n) is 3.55. The Morgan fingerprint density at radius 1 is 1.17 bits per heavy atom. The Bertz CT molecular complexity index is 811. The highest BCUT2D eigenvalue weighted by Crippen LogP contribution is 2.47. The fraction of sp³-hybridized carbons (Fsp3) is 0.222. The van der Waals surface area contributed by atoms with E-state index in [9.17, 15) is 4.79 Å². The molecule has 2 heterocycles. The third-order valence-corrected chi connectivity index (χ3v) is 5.01. The predicted octanol–water partition coefficient (Wildman–Crippen LogP) is 1.87. The monoisotopic (exact) mass is 339 g/mol. The summed E-state index contributed by atoms with van der Waals surface area (Å²) in [6.45, 7) is 1.13. The molecule has 122 valence electrons. The minimum atomic E-state index is -0.456. The zero-order valence-corrected chi connectivity index (χ0v) is 13.8. The summed E-state index contributed by atoms with van der Waals surface area (Å²) in [5, 5.41) is 0.605. The van der Waals surface area contributed by atoms with E-state index in [1.807, 2.05) is 47.4 Å². The SMILES string of the molecule is NC(=O)CN1CC2(c3ccccc3)COc3ccccc3N2C1=S. The van der Waals surface area contributed by atoms with Gasteiger partial charge >= 0.3 is 0 Å². The number of primary amides is 1. The third kappa shape index (κ3) is 2.14. The van der Waals surface area contributed by atoms with Crippen molar-refractivity contribution in [3.63, 3.8) is 0 Å². The number of carbonyl (C=O) groups excluding carboxylic acids is 1. The quantitative estimate of drug-likeness (QED) is 0.865. The van der Waals surface area contributed by atoms with E-state index in [0.29, 0.717) is 18.3 Å². The Kier molecular flexibility index (Phi) is 3.42. The van der Waals surface area contributed by atoms with Gasteiger partial charge in [0.15, 0.2) is 5.11 Å². The molecule has 0 saturated carbocycles. The molecular formula is C18H17N3O2S. The predicted molar refractivity (Wildman–Crippen MR) is 95.9 cm³/mol. The minimum absolute atomic E-state index is 0.103. The van der Waals surface area contributed by atoms with Gasteiger partial charge in [-0.3, -0.25) is 9.69 Å². The maximum Gasteiger partial charge on any atom is 0.237 e. The van der Waals surface area contributed by atoms with Crippen molar-refractivity contribution in [2.24, 2.45) is 5.73 Å². The number of hydrogen-bond acceptors (Lipinski definition) is 3. The van der Waals surface area contributed by atoms with Gasteiger partial charge in [-0.05, 0) is 29.9 Å². The summed E-state index contributed by atoms with van der Waals surface area (Å²) in [7, 11) is 0. The molecule has 24 heavy (non-hydrogen) atoms. The van der Waals surface area contributed by atoms with Crippen LogP contribution < -0.4 is 15.4 Å². The highest BCUT2D eigenvalue weighted by molar-refractivity contribution is 7.80. The summed E-state index contributed by atoms with van der Waals surface area (Å²) in [5.41, 5.74) is 6.98. The van der Waals surface area contributed by atoms with Gasteiger partial charge in [0, 0.05) is 0 Å². The first-order valence-corrected chi connectivity index (χ1v) is 8.17. The van der Waals surface area contributed by atoms with Crippen molar-refractivity contribution in [2.45, 2.75) is 5.54 Å². The number of carbonyl (C=O) groups is 1. The molecule has 2 aliphatic rings. The maximum absolute atomic E-state index is 11.5. The average molecular weight is 339 g/mol. The first-order chi connectivity index (χ1) is 11.6. The van der Waals surface area contributed by atoms with E-state index in [4.69, 9.17) is 22.7 Å². The Hall–Kier alpha value is -2.60. The molecule has 2 aromatic rings. The Morgan fingerprint density at radius 3 is 2.62 bits per heavy atom. The van der Waals surface area contributed by atoms with Gasteiger partial charge in [-0.1, -0.05) is 42.5 Å². The van der Waals surface area contributed by atoms with Gasteiger partial charge in [0.05, 0.1) is 18.8 Å². The Morgan fingerprint density at radius 2 is 1.88 bits per heavy atom. The summed E-state index contributed by atoms with van der Waals surface area (Å²) in [5.74, 6) is 0.405. The molecule has 5 nitrogen and oxygen atoms in total. The van der Waals surface area contributed by atoms with Gasteiger partial charge in [-0.2, -0.15) is 0 Å². The van der Waals surface area contributed by atoms with Crippen molar-refractivity contribution in [3.8, 4) is 5.75 Å². The van der Waals surface area contributed by atoms with Crippen molar-refractivity contribution in [2.75, 3.05) is 24.6 Å². The van der Waals surface area contributed by atoms with Gasteiger partial charge in [0.1, 0.15) is 17.9 Å². The second-order valence-corrected chi connectivity index (χ2v) is 6.46. The van der Waals surface area contributed by atoms with Gasteiger partial charge in [-0.25, -0.2) is 0 Å². The zero-order chi connectivity index (χ0) is 16.7. The van der Waals surface area contributed by atoms with Crippen LogP contribution in [-0.4, -0.2) is 35.6 Å². The largest absolute Gasteiger partial charge is 0.488 e. The van der Waals surface area contributed by atoms with E-state index in [1.165, 1.54) is 0 Å². The number of amides is 1. The number of benzene rings is 2. The molecule has 2 aromatic carbocycles. The number of thiocarbonyl (C=S) groups is 1. The fourth-order valence-corrected chi connectivity index (χ4v) is 3.95. The van der Waals surface area contributed by atoms with Crippen molar-refractivity contribution >= 4 is 28.9 Å². The molecule has 0 spiro atoms. The van der Waals surface area contributed by atoms with Crippen LogP contribution in [0, 0.1) is 0 Å². The standard InChI is InChI=1S/C18H17N3O2S/c19-16(22)10-20-11-18(13-6-2-1-3-7-13)12-23-15-9-5-4-8-14(15)21(18)17(20)24/h1-9H,10-12H2,(H2,19,22). The van der Waals surface area contributed by atoms with Gasteiger partial charge in [0.25, 0.3) is 0 Å². The highest BCUT2D eigenvalue weighted by Gasteiger charge is 2.53. The molecule has 1 saturated heterocycles. The Balaban J connectivity index is 1.87. The molecule has 1 unspecified atom stereocenters. The van der Waals surface area contributed by atoms with E-state index in [-0.39, 0.29) is 6.54 Å². The number of ether oxygens (including phenoxy) is 1. The van der Waals surface area contributed by atoms with Crippen LogP contribution in [0.1, 0.15) is 5.56 Å². The van der Waals surface area contributed by atoms with Crippen LogP contribution in [0.5, 0.6) is 5.75 Å². The van der Waals surface area contributed by atoms with Crippen molar-refractivity contribution in [3.05, 3.63) is 60.2 Å². The van der Waals surface area contributed by atoms with Gasteiger partial charge in [-0.15, -0.1) is 0 Å². The van der Waals surface area contributed by atoms with Crippen LogP contribution in [0.2, 0.25) is 0 Å². The average Bonchev–Trinajstić information content (AvgIpc) is 2.89. The van der Waals surface area contributed by atoms with Crippen LogP contribution in [0.4, 0.5) is 5.69 Å². The molecule has 2 N–H and O–H groups in total. The summed E-state index contributed by atoms with van der Waals surface area (Å²) < 4.78 is 6.05. The smallest absolute Gasteiger partial charge is 0.237 e. The molecule has 1 atom stereocenters. The van der Waals surface area contributed by atoms with Crippen LogP contribution in [0.25, 0.3) is 0 Å². The molecule has 0 bridgehead atoms. The van der Waals surface area contributed by atoms with Crippen molar-refractivity contribution < 1.29 is 9.53 Å². The molecule has 1 amide bonds. The van der Waals surface area contributed by atoms with Crippen LogP contribution >= 0.6 is 12.2 Å². The van der Waals surface area contributed by atoms with E-state index < -0.39 is 11.4 Å². The van der Waals surface area contributed by atoms with Crippen molar-refractivity contribution in [1.82, 2.24) is 4.90 Å². The highest BCUT2D eigenvalue weighted by atomic mass is 32.1. The van der Waals surface area contributed by atoms with E-state index >= 15 is 0 Å². The zero-order valence-electron chi connectivity index (χ0n) is 13.0. The number of rotatable bonds is 3. The minimum Gasteiger partial charge on any atom is -0.488 e. The van der Waals surface area contributed by atoms with Gasteiger partial charge < -0.3 is 15.4 Å². The summed E-state index contributed by atoms with van der Waals surface area (Å²) in [4.78, 5) is 15.4. The number of fused-ring (bicyclic) bond motifs is 3. The van der Waals surface area contributed by atoms with Crippen LogP contribution in [0.3, 0.4) is 0 Å². The van der Waals surface area contributed by atoms with Crippen molar-refractivity contribution in [1.29, 1.82) is 0 Å². The lowest BCUT2D eigenvalue weighted by Crippen LogP contribution is -2.51. The normalized spacial score (nSPS) is 21.9. The van der Waals surface area contributed by atoms with Gasteiger partial charge in [0.2, 0.25) is 5.91 Å². The first-order valence-electron chi connectivity index (χ1n) is 7.77. The maximum atomic E-state index is 11.5. The molecule has 6 heteroatoms. The van der Waals surface area contributed by atoms with E-state index in [0.717, 1.165) is 17.0 Å². The second-order valence-electron chi connectivity index (χ2n) is 6.09. The number of anilines is 1. The molecule has 2 aliphatic heterocycles. The third-order valence-electron chi connectivity index (χ3n) is 4.57. The summed E-state index contributed by atoms with van der Waals surface area (Å²) in [6.07, 6.45) is 0. The van der Waals surface area contributed by atoms with E-state index in [1.54, 1.807) is 0 Å². The lowest BCUT2D eigenvalue weighted by molar-refractivity contribution is -0.118. The Labute approximate surface area is 145 Å². The number of nitrogens with zero attached hydrogens (tertiary/aromatic N) is 2. The molecule has 0 radical (unpaired) electrons. The molecule has 0 aliphatic carbocycles. The summed E-state index contributed by atoms with van der Waals surface area (Å²) >= 11 is 5.69. The topological polar surface area (TPSA) is 58.8 Å². The molecular weight excluding hydrogens is 322 g/mol. The first kappa shape index (κ1) is 15.0. The van der Waals surface area contributed by atoms with Crippen LogP contribution in [-0.2, 0) is 10.3 Å². The lowest BCUT2D eigenvalue weighted by atomic mass is 9.88. The molecule has 1 fully saturated rings. The number of para-hydroxylation sites is 2. The lowest BCUT2D eigenvalue weighted by Gasteiger charge is -2.42.